The predicted molar refractivity (Wildman–Crippen MR) is 102 cm³/mol. The number of nitrogens with one attached hydrogen (secondary N) is 1. The summed E-state index contributed by atoms with van der Waals surface area (Å²) in [6.45, 7) is 1.41. The van der Waals surface area contributed by atoms with Crippen molar-refractivity contribution in [3.8, 4) is 0 Å². The highest BCUT2D eigenvalue weighted by atomic mass is 35.5. The Kier molecular flexibility index (Phi) is 4.66. The number of likely N-dealkylation sites (tertiary alicyclic amines) is 1. The maximum Gasteiger partial charge on any atom is 0.274 e. The summed E-state index contributed by atoms with van der Waals surface area (Å²) in [6, 6.07) is 12.7. The van der Waals surface area contributed by atoms with Gasteiger partial charge in [0.25, 0.3) is 11.8 Å². The van der Waals surface area contributed by atoms with Gasteiger partial charge in [0, 0.05) is 29.2 Å². The van der Waals surface area contributed by atoms with Crippen LogP contribution >= 0.6 is 11.6 Å². The van der Waals surface area contributed by atoms with Crippen molar-refractivity contribution in [3.63, 3.8) is 0 Å². The minimum absolute atomic E-state index is 0.0392. The third-order valence-corrected chi connectivity index (χ3v) is 6.19. The molecule has 2 amide bonds. The molecule has 5 nitrogen and oxygen atoms in total. The van der Waals surface area contributed by atoms with Crippen LogP contribution in [0.1, 0.15) is 44.7 Å². The fourth-order valence-electron chi connectivity index (χ4n) is 4.44. The molecule has 0 saturated carbocycles. The lowest BCUT2D eigenvalue weighted by Gasteiger charge is -2.39. The van der Waals surface area contributed by atoms with Crippen molar-refractivity contribution in [2.24, 2.45) is 5.41 Å². The summed E-state index contributed by atoms with van der Waals surface area (Å²) in [5.41, 5.74) is 5.24. The molecule has 0 radical (unpaired) electrons. The van der Waals surface area contributed by atoms with Gasteiger partial charge in [-0.15, -0.1) is 0 Å². The number of hydrogen-bond donors (Lipinski definition) is 2. The summed E-state index contributed by atoms with van der Waals surface area (Å²) >= 11 is 5.90. The molecule has 2 aromatic rings. The summed E-state index contributed by atoms with van der Waals surface area (Å²) in [5.74, 6) is -0.420. The number of amides is 2. The molecule has 1 aliphatic carbocycles. The van der Waals surface area contributed by atoms with E-state index in [1.807, 2.05) is 11.0 Å². The molecule has 2 aliphatic rings. The van der Waals surface area contributed by atoms with E-state index in [0.717, 1.165) is 31.2 Å². The largest absolute Gasteiger partial charge is 0.339 e. The van der Waals surface area contributed by atoms with Crippen molar-refractivity contribution in [2.75, 3.05) is 13.1 Å². The molecule has 1 aliphatic heterocycles. The summed E-state index contributed by atoms with van der Waals surface area (Å²) < 4.78 is 0. The van der Waals surface area contributed by atoms with Crippen LogP contribution in [0, 0.1) is 5.41 Å². The second kappa shape index (κ2) is 6.98. The van der Waals surface area contributed by atoms with Crippen LogP contribution in [0.25, 0.3) is 0 Å². The summed E-state index contributed by atoms with van der Waals surface area (Å²) in [4.78, 5) is 26.6. The lowest BCUT2D eigenvalue weighted by Crippen LogP contribution is -2.43. The number of nitrogens with zero attached hydrogens (tertiary/aromatic N) is 1. The predicted octanol–water partition coefficient (Wildman–Crippen LogP) is 3.48. The van der Waals surface area contributed by atoms with E-state index in [1.165, 1.54) is 5.56 Å². The van der Waals surface area contributed by atoms with Crippen LogP contribution in [-0.2, 0) is 12.8 Å². The minimum Gasteiger partial charge on any atom is -0.339 e. The maximum absolute atomic E-state index is 12.7. The normalized spacial score (nSPS) is 17.6. The average Bonchev–Trinajstić information content (AvgIpc) is 3.05. The highest BCUT2D eigenvalue weighted by molar-refractivity contribution is 6.30. The van der Waals surface area contributed by atoms with Crippen molar-refractivity contribution in [3.05, 3.63) is 69.7 Å². The fourth-order valence-corrected chi connectivity index (χ4v) is 4.56. The van der Waals surface area contributed by atoms with Gasteiger partial charge in [-0.3, -0.25) is 14.8 Å². The van der Waals surface area contributed by atoms with Crippen LogP contribution in [0.5, 0.6) is 0 Å². The topological polar surface area (TPSA) is 69.6 Å². The molecular formula is C21H21ClN2O3. The van der Waals surface area contributed by atoms with Gasteiger partial charge < -0.3 is 4.90 Å². The molecule has 0 unspecified atom stereocenters. The molecule has 0 aromatic heterocycles. The highest BCUT2D eigenvalue weighted by Crippen LogP contribution is 2.45. The van der Waals surface area contributed by atoms with Gasteiger partial charge in [0.2, 0.25) is 0 Å². The van der Waals surface area contributed by atoms with Gasteiger partial charge in [-0.25, -0.2) is 5.48 Å². The Bertz CT molecular complexity index is 887. The summed E-state index contributed by atoms with van der Waals surface area (Å²) in [6.07, 6.45) is 3.54. The van der Waals surface area contributed by atoms with Crippen molar-refractivity contribution >= 4 is 23.4 Å². The van der Waals surface area contributed by atoms with E-state index in [1.54, 1.807) is 35.8 Å². The molecule has 2 N–H and O–H groups in total. The number of halogens is 1. The Morgan fingerprint density at radius 1 is 1.04 bits per heavy atom. The molecule has 4 rings (SSSR count). The number of carbonyl (C=O) groups excluding carboxylic acids is 2. The Labute approximate surface area is 162 Å². The zero-order valence-electron chi connectivity index (χ0n) is 14.9. The third-order valence-electron chi connectivity index (χ3n) is 5.94. The van der Waals surface area contributed by atoms with Crippen molar-refractivity contribution < 1.29 is 14.8 Å². The number of carbonyl (C=O) groups is 2. The molecule has 27 heavy (non-hydrogen) atoms. The van der Waals surface area contributed by atoms with Gasteiger partial charge in [-0.2, -0.15) is 0 Å². The number of fused-ring (bicyclic) bond motifs is 1. The molecule has 2 aromatic carbocycles. The van der Waals surface area contributed by atoms with Gasteiger partial charge in [-0.05, 0) is 72.6 Å². The van der Waals surface area contributed by atoms with Crippen molar-refractivity contribution in [1.82, 2.24) is 10.4 Å². The molecule has 0 atom stereocenters. The van der Waals surface area contributed by atoms with Crippen LogP contribution in [0.2, 0.25) is 5.02 Å². The third kappa shape index (κ3) is 3.33. The number of hydroxylamine groups is 1. The summed E-state index contributed by atoms with van der Waals surface area (Å²) in [5, 5.41) is 9.61. The maximum atomic E-state index is 12.7. The zero-order chi connectivity index (χ0) is 19.0. The van der Waals surface area contributed by atoms with E-state index in [0.29, 0.717) is 29.2 Å². The van der Waals surface area contributed by atoms with Gasteiger partial charge in [0.1, 0.15) is 0 Å². The van der Waals surface area contributed by atoms with Crippen molar-refractivity contribution in [2.45, 2.75) is 25.7 Å². The molecule has 1 fully saturated rings. The number of piperidine rings is 1. The molecule has 0 bridgehead atoms. The van der Waals surface area contributed by atoms with Crippen LogP contribution in [-0.4, -0.2) is 35.0 Å². The van der Waals surface area contributed by atoms with E-state index in [4.69, 9.17) is 16.8 Å². The highest BCUT2D eigenvalue weighted by Gasteiger charge is 2.42. The van der Waals surface area contributed by atoms with E-state index in [-0.39, 0.29) is 11.3 Å². The van der Waals surface area contributed by atoms with Crippen LogP contribution in [0.3, 0.4) is 0 Å². The molecule has 1 spiro atoms. The van der Waals surface area contributed by atoms with Crippen LogP contribution in [0.4, 0.5) is 0 Å². The molecule has 140 valence electrons. The first-order valence-electron chi connectivity index (χ1n) is 9.11. The lowest BCUT2D eigenvalue weighted by atomic mass is 9.75. The second-order valence-electron chi connectivity index (χ2n) is 7.54. The van der Waals surface area contributed by atoms with Crippen LogP contribution in [0.15, 0.2) is 42.5 Å². The lowest BCUT2D eigenvalue weighted by molar-refractivity contribution is 0.0593. The molecular weight excluding hydrogens is 364 g/mol. The Morgan fingerprint density at radius 2 is 1.74 bits per heavy atom. The Balaban J connectivity index is 1.47. The second-order valence-corrected chi connectivity index (χ2v) is 7.97. The van der Waals surface area contributed by atoms with E-state index in [2.05, 4.69) is 6.07 Å². The molecule has 6 heteroatoms. The molecule has 1 heterocycles. The number of rotatable bonds is 2. The number of hydrogen-bond acceptors (Lipinski definition) is 3. The first-order chi connectivity index (χ1) is 13.0. The van der Waals surface area contributed by atoms with Gasteiger partial charge >= 0.3 is 0 Å². The quantitative estimate of drug-likeness (QED) is 0.615. The zero-order valence-corrected chi connectivity index (χ0v) is 15.6. The Morgan fingerprint density at radius 3 is 2.41 bits per heavy atom. The van der Waals surface area contributed by atoms with Crippen molar-refractivity contribution in [1.29, 1.82) is 0 Å². The molecule has 1 saturated heterocycles. The first-order valence-corrected chi connectivity index (χ1v) is 9.49. The van der Waals surface area contributed by atoms with Gasteiger partial charge in [0.15, 0.2) is 0 Å². The smallest absolute Gasteiger partial charge is 0.274 e. The first kappa shape index (κ1) is 18.0. The minimum atomic E-state index is -0.459. The van der Waals surface area contributed by atoms with E-state index in [9.17, 15) is 9.59 Å². The van der Waals surface area contributed by atoms with E-state index < -0.39 is 5.91 Å². The Hall–Kier alpha value is -2.37. The number of benzene rings is 2. The van der Waals surface area contributed by atoms with Gasteiger partial charge in [-0.1, -0.05) is 23.7 Å². The van der Waals surface area contributed by atoms with Crippen LogP contribution < -0.4 is 5.48 Å². The van der Waals surface area contributed by atoms with Gasteiger partial charge in [0.05, 0.1) is 0 Å². The van der Waals surface area contributed by atoms with E-state index >= 15 is 0 Å². The summed E-state index contributed by atoms with van der Waals surface area (Å²) in [7, 11) is 0. The monoisotopic (exact) mass is 384 g/mol. The SMILES string of the molecule is O=C(NO)c1cccc2c1CC1(CCN(C(=O)c3ccc(Cl)cc3)CC1)C2. The fraction of sp³-hybridized carbons (Fsp3) is 0.333. The average molecular weight is 385 g/mol. The standard InChI is InChI=1S/C21H21ClN2O3/c22-16-6-4-14(5-7-16)20(26)24-10-8-21(9-11-24)12-15-2-1-3-17(18(15)13-21)19(25)23-27/h1-7,27H,8-13H2,(H,23,25).